The number of carbonyl (C=O) groups is 2. The van der Waals surface area contributed by atoms with E-state index in [0.717, 1.165) is 0 Å². The van der Waals surface area contributed by atoms with E-state index >= 15 is 0 Å². The summed E-state index contributed by atoms with van der Waals surface area (Å²) in [6.07, 6.45) is 1.07. The Morgan fingerprint density at radius 2 is 2.21 bits per heavy atom. The van der Waals surface area contributed by atoms with Gasteiger partial charge in [0.25, 0.3) is 0 Å². The van der Waals surface area contributed by atoms with Crippen LogP contribution in [0.2, 0.25) is 5.02 Å². The van der Waals surface area contributed by atoms with E-state index in [4.69, 9.17) is 16.3 Å². The van der Waals surface area contributed by atoms with Gasteiger partial charge in [0.1, 0.15) is 5.75 Å². The molecule has 2 rings (SSSR count). The van der Waals surface area contributed by atoms with Crippen LogP contribution in [0, 0.1) is 0 Å². The third-order valence-electron chi connectivity index (χ3n) is 4.00. The number of nitrogens with one attached hydrogen (secondary N) is 1. The van der Waals surface area contributed by atoms with Crippen molar-refractivity contribution in [2.24, 2.45) is 0 Å². The molecular formula is C17H24ClN3O3. The van der Waals surface area contributed by atoms with Crippen LogP contribution in [0.1, 0.15) is 19.8 Å². The third kappa shape index (κ3) is 5.03. The minimum atomic E-state index is -0.163. The van der Waals surface area contributed by atoms with E-state index in [-0.39, 0.29) is 18.0 Å². The number of nitrogens with zero attached hydrogens (tertiary/aromatic N) is 2. The summed E-state index contributed by atoms with van der Waals surface area (Å²) in [5, 5.41) is 3.48. The lowest BCUT2D eigenvalue weighted by atomic mass is 10.2. The van der Waals surface area contributed by atoms with Gasteiger partial charge in [-0.2, -0.15) is 0 Å². The molecule has 1 aliphatic heterocycles. The van der Waals surface area contributed by atoms with Crippen molar-refractivity contribution in [3.05, 3.63) is 29.3 Å². The molecular weight excluding hydrogens is 330 g/mol. The zero-order valence-corrected chi connectivity index (χ0v) is 14.9. The molecule has 0 aliphatic carbocycles. The van der Waals surface area contributed by atoms with Crippen LogP contribution in [0.3, 0.4) is 0 Å². The van der Waals surface area contributed by atoms with E-state index in [9.17, 15) is 9.59 Å². The van der Waals surface area contributed by atoms with Crippen molar-refractivity contribution in [3.63, 3.8) is 0 Å². The Morgan fingerprint density at radius 1 is 1.46 bits per heavy atom. The molecule has 0 bridgehead atoms. The van der Waals surface area contributed by atoms with Crippen LogP contribution in [-0.2, 0) is 4.79 Å². The molecule has 1 heterocycles. The number of rotatable bonds is 7. The smallest absolute Gasteiger partial charge is 0.317 e. The van der Waals surface area contributed by atoms with E-state index in [1.54, 1.807) is 22.9 Å². The summed E-state index contributed by atoms with van der Waals surface area (Å²) in [4.78, 5) is 27.2. The predicted molar refractivity (Wildman–Crippen MR) is 93.4 cm³/mol. The lowest BCUT2D eigenvalue weighted by molar-refractivity contribution is -0.127. The van der Waals surface area contributed by atoms with Crippen LogP contribution >= 0.6 is 11.6 Å². The highest BCUT2D eigenvalue weighted by atomic mass is 35.5. The quantitative estimate of drug-likeness (QED) is 0.765. The predicted octanol–water partition coefficient (Wildman–Crippen LogP) is 2.37. The van der Waals surface area contributed by atoms with Crippen molar-refractivity contribution >= 4 is 23.5 Å². The molecule has 1 saturated heterocycles. The summed E-state index contributed by atoms with van der Waals surface area (Å²) in [6.45, 7) is 4.25. The highest BCUT2D eigenvalue weighted by Crippen LogP contribution is 2.23. The molecule has 6 nitrogen and oxygen atoms in total. The van der Waals surface area contributed by atoms with Gasteiger partial charge in [0.05, 0.1) is 17.7 Å². The Hall–Kier alpha value is -1.95. The van der Waals surface area contributed by atoms with Gasteiger partial charge in [-0.25, -0.2) is 4.79 Å². The average molecular weight is 354 g/mol. The fourth-order valence-corrected chi connectivity index (χ4v) is 2.80. The van der Waals surface area contributed by atoms with Gasteiger partial charge in [0.15, 0.2) is 0 Å². The van der Waals surface area contributed by atoms with E-state index < -0.39 is 0 Å². The van der Waals surface area contributed by atoms with Gasteiger partial charge in [-0.1, -0.05) is 23.7 Å². The second-order valence-corrected chi connectivity index (χ2v) is 6.24. The number of hydrogen-bond acceptors (Lipinski definition) is 3. The minimum Gasteiger partial charge on any atom is -0.492 e. The van der Waals surface area contributed by atoms with Crippen molar-refractivity contribution in [1.29, 1.82) is 0 Å². The number of benzene rings is 1. The molecule has 132 valence electrons. The van der Waals surface area contributed by atoms with E-state index in [2.05, 4.69) is 5.32 Å². The number of urea groups is 1. The molecule has 1 N–H and O–H groups in total. The Bertz CT molecular complexity index is 582. The lowest BCUT2D eigenvalue weighted by Gasteiger charge is -2.21. The van der Waals surface area contributed by atoms with Gasteiger partial charge in [-0.3, -0.25) is 4.79 Å². The zero-order chi connectivity index (χ0) is 17.5. The molecule has 1 aromatic rings. The molecule has 0 unspecified atom stereocenters. The van der Waals surface area contributed by atoms with Gasteiger partial charge in [-0.15, -0.1) is 0 Å². The fraction of sp³-hybridized carbons (Fsp3) is 0.529. The Kier molecular flexibility index (Phi) is 6.73. The topological polar surface area (TPSA) is 61.9 Å². The van der Waals surface area contributed by atoms with Gasteiger partial charge in [0.2, 0.25) is 5.91 Å². The van der Waals surface area contributed by atoms with Gasteiger partial charge in [-0.05, 0) is 25.5 Å². The van der Waals surface area contributed by atoms with Crippen LogP contribution in [0.25, 0.3) is 0 Å². The SMILES string of the molecule is CCN1C[C@H](NC(=O)N(C)CCCOc2ccccc2Cl)CC1=O. The molecule has 7 heteroatoms. The first-order valence-corrected chi connectivity index (χ1v) is 8.55. The summed E-state index contributed by atoms with van der Waals surface area (Å²) < 4.78 is 5.60. The molecule has 3 amide bonds. The number of amides is 3. The molecule has 24 heavy (non-hydrogen) atoms. The summed E-state index contributed by atoms with van der Waals surface area (Å²) in [5.74, 6) is 0.744. The van der Waals surface area contributed by atoms with Crippen molar-refractivity contribution in [1.82, 2.24) is 15.1 Å². The second kappa shape index (κ2) is 8.78. The highest BCUT2D eigenvalue weighted by Gasteiger charge is 2.29. The van der Waals surface area contributed by atoms with E-state index in [1.807, 2.05) is 25.1 Å². The number of halogens is 1. The van der Waals surface area contributed by atoms with E-state index in [1.165, 1.54) is 0 Å². The molecule has 0 radical (unpaired) electrons. The minimum absolute atomic E-state index is 0.0959. The number of carbonyl (C=O) groups excluding carboxylic acids is 2. The maximum absolute atomic E-state index is 12.1. The largest absolute Gasteiger partial charge is 0.492 e. The standard InChI is InChI=1S/C17H24ClN3O3/c1-3-21-12-13(11-16(21)22)19-17(23)20(2)9-6-10-24-15-8-5-4-7-14(15)18/h4-5,7-8,13H,3,6,9-12H2,1-2H3,(H,19,23)/t13-/m1/s1. The van der Waals surface area contributed by atoms with Crippen molar-refractivity contribution in [2.45, 2.75) is 25.8 Å². The van der Waals surface area contributed by atoms with Gasteiger partial charge in [0, 0.05) is 33.1 Å². The Morgan fingerprint density at radius 3 is 2.88 bits per heavy atom. The van der Waals surface area contributed by atoms with Gasteiger partial charge >= 0.3 is 6.03 Å². The van der Waals surface area contributed by atoms with Crippen molar-refractivity contribution < 1.29 is 14.3 Å². The normalized spacial score (nSPS) is 17.0. The van der Waals surface area contributed by atoms with Crippen LogP contribution in [0.15, 0.2) is 24.3 Å². The Balaban J connectivity index is 1.67. The van der Waals surface area contributed by atoms with E-state index in [0.29, 0.717) is 49.9 Å². The highest BCUT2D eigenvalue weighted by molar-refractivity contribution is 6.32. The maximum Gasteiger partial charge on any atom is 0.317 e. The summed E-state index contributed by atoms with van der Waals surface area (Å²) in [7, 11) is 1.74. The van der Waals surface area contributed by atoms with Gasteiger partial charge < -0.3 is 19.9 Å². The van der Waals surface area contributed by atoms with Crippen LogP contribution in [0.5, 0.6) is 5.75 Å². The lowest BCUT2D eigenvalue weighted by Crippen LogP contribution is -2.44. The molecule has 0 saturated carbocycles. The van der Waals surface area contributed by atoms with Crippen molar-refractivity contribution in [3.8, 4) is 5.75 Å². The molecule has 0 aromatic heterocycles. The molecule has 1 aromatic carbocycles. The van der Waals surface area contributed by atoms with Crippen LogP contribution in [-0.4, -0.2) is 61.1 Å². The monoisotopic (exact) mass is 353 g/mol. The van der Waals surface area contributed by atoms with Crippen molar-refractivity contribution in [2.75, 3.05) is 33.3 Å². The molecule has 1 fully saturated rings. The zero-order valence-electron chi connectivity index (χ0n) is 14.1. The second-order valence-electron chi connectivity index (χ2n) is 5.84. The summed E-state index contributed by atoms with van der Waals surface area (Å²) in [5.41, 5.74) is 0. The molecule has 1 aliphatic rings. The summed E-state index contributed by atoms with van der Waals surface area (Å²) in [6, 6.07) is 7.04. The first-order chi connectivity index (χ1) is 11.5. The maximum atomic E-state index is 12.1. The van der Waals surface area contributed by atoms with Crippen LogP contribution < -0.4 is 10.1 Å². The fourth-order valence-electron chi connectivity index (χ4n) is 2.61. The summed E-state index contributed by atoms with van der Waals surface area (Å²) >= 11 is 6.02. The third-order valence-corrected chi connectivity index (χ3v) is 4.31. The number of ether oxygens (including phenoxy) is 1. The number of likely N-dealkylation sites (N-methyl/N-ethyl adjacent to an activating group) is 1. The first-order valence-electron chi connectivity index (χ1n) is 8.18. The number of hydrogen-bond donors (Lipinski definition) is 1. The molecule has 0 spiro atoms. The number of para-hydroxylation sites is 1. The first kappa shape index (κ1) is 18.4. The van der Waals surface area contributed by atoms with Crippen LogP contribution in [0.4, 0.5) is 4.79 Å². The Labute approximate surface area is 147 Å². The molecule has 1 atom stereocenters. The average Bonchev–Trinajstić information content (AvgIpc) is 2.92. The number of likely N-dealkylation sites (tertiary alicyclic amines) is 1.